The summed E-state index contributed by atoms with van der Waals surface area (Å²) in [6.45, 7) is 0.408. The highest BCUT2D eigenvalue weighted by Gasteiger charge is 1.99. The van der Waals surface area contributed by atoms with Gasteiger partial charge in [-0.05, 0) is 11.5 Å². The topological polar surface area (TPSA) is 27.7 Å². The average Bonchev–Trinajstić information content (AvgIpc) is 2.18. The van der Waals surface area contributed by atoms with Gasteiger partial charge in [0.2, 0.25) is 6.54 Å². The number of aromatic nitrogens is 1. The number of rotatable bonds is 1. The molecule has 1 heterocycles. The van der Waals surface area contributed by atoms with Crippen LogP contribution in [0.4, 0.5) is 0 Å². The van der Waals surface area contributed by atoms with Crippen LogP contribution in [0.2, 0.25) is 0 Å². The molecule has 0 bridgehead atoms. The summed E-state index contributed by atoms with van der Waals surface area (Å²) in [4.78, 5) is 0. The van der Waals surface area contributed by atoms with E-state index >= 15 is 0 Å². The molecule has 1 aromatic carbocycles. The molecule has 0 aliphatic rings. The van der Waals surface area contributed by atoms with E-state index < -0.39 is 0 Å². The predicted molar refractivity (Wildman–Crippen MR) is 49.8 cm³/mol. The zero-order valence-electron chi connectivity index (χ0n) is 7.52. The van der Waals surface area contributed by atoms with Crippen molar-refractivity contribution in [2.24, 2.45) is 0 Å². The van der Waals surface area contributed by atoms with Gasteiger partial charge in [0.25, 0.3) is 0 Å². The van der Waals surface area contributed by atoms with Gasteiger partial charge < -0.3 is 12.4 Å². The highest BCUT2D eigenvalue weighted by Crippen LogP contribution is 2.09. The number of hydrogen-bond acceptors (Lipinski definition) is 1. The molecule has 2 nitrogen and oxygen atoms in total. The molecule has 0 radical (unpaired) electrons. The fourth-order valence-corrected chi connectivity index (χ4v) is 1.36. The van der Waals surface area contributed by atoms with Crippen LogP contribution in [-0.4, -0.2) is 0 Å². The van der Waals surface area contributed by atoms with Gasteiger partial charge in [-0.1, -0.05) is 18.2 Å². The van der Waals surface area contributed by atoms with Gasteiger partial charge in [0.1, 0.15) is 6.07 Å². The fraction of sp³-hybridized carbons (Fsp3) is 0.0909. The minimum atomic E-state index is 0. The van der Waals surface area contributed by atoms with Crippen LogP contribution < -0.4 is 17.0 Å². The molecule has 0 saturated heterocycles. The molecule has 0 amide bonds. The largest absolute Gasteiger partial charge is 1.00 e. The first-order valence-corrected chi connectivity index (χ1v) is 4.15. The first kappa shape index (κ1) is 10.5. The van der Waals surface area contributed by atoms with Crippen molar-refractivity contribution in [3.8, 4) is 6.07 Å². The zero-order chi connectivity index (χ0) is 9.10. The molecule has 0 aliphatic carbocycles. The third-order valence-corrected chi connectivity index (χ3v) is 2.00. The van der Waals surface area contributed by atoms with E-state index in [0.29, 0.717) is 6.54 Å². The van der Waals surface area contributed by atoms with Crippen LogP contribution in [0.3, 0.4) is 0 Å². The average molecular weight is 205 g/mol. The summed E-state index contributed by atoms with van der Waals surface area (Å²) in [7, 11) is 0. The molecule has 0 fully saturated rings. The smallest absolute Gasteiger partial charge is 0.233 e. The fourth-order valence-electron chi connectivity index (χ4n) is 1.36. The molecule has 3 heteroatoms. The van der Waals surface area contributed by atoms with Crippen molar-refractivity contribution in [1.82, 2.24) is 0 Å². The van der Waals surface area contributed by atoms with E-state index in [9.17, 15) is 0 Å². The maximum Gasteiger partial charge on any atom is 0.233 e. The Kier molecular flexibility index (Phi) is 3.44. The molecule has 0 saturated carbocycles. The molecule has 0 aliphatic heterocycles. The third kappa shape index (κ3) is 2.01. The normalized spacial score (nSPS) is 9.07. The lowest BCUT2D eigenvalue weighted by atomic mass is 10.2. The van der Waals surface area contributed by atoms with Crippen LogP contribution in [-0.2, 0) is 6.54 Å². The number of halogens is 1. The summed E-state index contributed by atoms with van der Waals surface area (Å²) in [5.41, 5.74) is 0. The minimum absolute atomic E-state index is 0. The van der Waals surface area contributed by atoms with Crippen molar-refractivity contribution in [3.05, 3.63) is 42.7 Å². The van der Waals surface area contributed by atoms with Crippen LogP contribution in [0.1, 0.15) is 0 Å². The lowest BCUT2D eigenvalue weighted by Crippen LogP contribution is -3.00. The number of benzene rings is 1. The molecule has 14 heavy (non-hydrogen) atoms. The standard InChI is InChI=1S/C11H9N2.ClH/c12-6-8-13-7-5-10-3-1-2-4-11(10)9-13;/h1-5,7,9H,8H2;1H/q+1;/p-1. The second kappa shape index (κ2) is 4.59. The van der Waals surface area contributed by atoms with Gasteiger partial charge >= 0.3 is 0 Å². The van der Waals surface area contributed by atoms with E-state index in [0.717, 1.165) is 0 Å². The molecule has 0 N–H and O–H groups in total. The van der Waals surface area contributed by atoms with Gasteiger partial charge in [-0.3, -0.25) is 0 Å². The first-order valence-electron chi connectivity index (χ1n) is 4.15. The van der Waals surface area contributed by atoms with Crippen LogP contribution in [0.15, 0.2) is 42.7 Å². The molecule has 0 spiro atoms. The van der Waals surface area contributed by atoms with E-state index in [-0.39, 0.29) is 12.4 Å². The van der Waals surface area contributed by atoms with Crippen LogP contribution in [0.5, 0.6) is 0 Å². The summed E-state index contributed by atoms with van der Waals surface area (Å²) in [5.74, 6) is 0. The number of nitriles is 1. The maximum absolute atomic E-state index is 8.52. The van der Waals surface area contributed by atoms with E-state index in [4.69, 9.17) is 5.26 Å². The Bertz CT molecular complexity index is 474. The van der Waals surface area contributed by atoms with Crippen LogP contribution in [0, 0.1) is 11.3 Å². The van der Waals surface area contributed by atoms with Crippen molar-refractivity contribution in [1.29, 1.82) is 5.26 Å². The van der Waals surface area contributed by atoms with E-state index in [1.807, 2.05) is 41.2 Å². The van der Waals surface area contributed by atoms with Crippen LogP contribution in [0.25, 0.3) is 10.8 Å². The van der Waals surface area contributed by atoms with Crippen molar-refractivity contribution >= 4 is 10.8 Å². The second-order valence-electron chi connectivity index (χ2n) is 2.90. The van der Waals surface area contributed by atoms with Crippen molar-refractivity contribution < 1.29 is 17.0 Å². The van der Waals surface area contributed by atoms with Gasteiger partial charge in [-0.15, -0.1) is 0 Å². The molecule has 2 rings (SSSR count). The summed E-state index contributed by atoms with van der Waals surface area (Å²) < 4.78 is 1.88. The van der Waals surface area contributed by atoms with Gasteiger partial charge in [0.15, 0.2) is 12.4 Å². The van der Waals surface area contributed by atoms with Gasteiger partial charge in [0, 0.05) is 11.5 Å². The summed E-state index contributed by atoms with van der Waals surface area (Å²) in [5, 5.41) is 10.9. The maximum atomic E-state index is 8.52. The number of hydrogen-bond donors (Lipinski definition) is 0. The van der Waals surface area contributed by atoms with Crippen molar-refractivity contribution in [2.45, 2.75) is 6.54 Å². The minimum Gasteiger partial charge on any atom is -1.00 e. The first-order chi connectivity index (χ1) is 6.40. The number of fused-ring (bicyclic) bond motifs is 1. The van der Waals surface area contributed by atoms with Gasteiger partial charge in [0.05, 0.1) is 0 Å². The van der Waals surface area contributed by atoms with E-state index in [1.165, 1.54) is 10.8 Å². The molecule has 1 aromatic heterocycles. The number of pyridine rings is 1. The Labute approximate surface area is 88.8 Å². The van der Waals surface area contributed by atoms with E-state index in [1.54, 1.807) is 0 Å². The summed E-state index contributed by atoms with van der Waals surface area (Å²) >= 11 is 0. The quantitative estimate of drug-likeness (QED) is 0.529. The Morgan fingerprint density at radius 2 is 1.86 bits per heavy atom. The third-order valence-electron chi connectivity index (χ3n) is 2.00. The lowest BCUT2D eigenvalue weighted by Gasteiger charge is -1.94. The van der Waals surface area contributed by atoms with E-state index in [2.05, 4.69) is 12.1 Å². The Morgan fingerprint density at radius 3 is 2.57 bits per heavy atom. The van der Waals surface area contributed by atoms with Gasteiger partial charge in [-0.25, -0.2) is 0 Å². The summed E-state index contributed by atoms with van der Waals surface area (Å²) in [6, 6.07) is 12.2. The number of nitrogens with zero attached hydrogens (tertiary/aromatic N) is 2. The lowest BCUT2D eigenvalue weighted by molar-refractivity contribution is -0.683. The monoisotopic (exact) mass is 204 g/mol. The highest BCUT2D eigenvalue weighted by molar-refractivity contribution is 5.80. The van der Waals surface area contributed by atoms with Crippen molar-refractivity contribution in [3.63, 3.8) is 0 Å². The molecule has 0 atom stereocenters. The van der Waals surface area contributed by atoms with Crippen molar-refractivity contribution in [2.75, 3.05) is 0 Å². The Balaban J connectivity index is 0.000000980. The Hall–Kier alpha value is -1.59. The predicted octanol–water partition coefficient (Wildman–Crippen LogP) is -1.35. The molecule has 70 valence electrons. The zero-order valence-corrected chi connectivity index (χ0v) is 8.28. The molecular weight excluding hydrogens is 196 g/mol. The SMILES string of the molecule is N#CC[n+]1ccc2ccccc2c1.[Cl-]. The highest BCUT2D eigenvalue weighted by atomic mass is 35.5. The second-order valence-corrected chi connectivity index (χ2v) is 2.90. The summed E-state index contributed by atoms with van der Waals surface area (Å²) in [6.07, 6.45) is 3.91. The molecule has 0 unspecified atom stereocenters. The Morgan fingerprint density at radius 1 is 1.14 bits per heavy atom. The molecular formula is C11H9ClN2. The molecule has 2 aromatic rings. The van der Waals surface area contributed by atoms with Gasteiger partial charge in [-0.2, -0.15) is 9.83 Å². The van der Waals surface area contributed by atoms with Crippen LogP contribution >= 0.6 is 0 Å².